The van der Waals surface area contributed by atoms with Crippen molar-refractivity contribution in [3.8, 4) is 28.3 Å². The zero-order chi connectivity index (χ0) is 21.9. The molecule has 0 saturated carbocycles. The first-order chi connectivity index (χ1) is 15.8. The zero-order valence-corrected chi connectivity index (χ0v) is 17.8. The summed E-state index contributed by atoms with van der Waals surface area (Å²) >= 11 is 0. The molecule has 3 aromatic heterocycles. The average Bonchev–Trinajstić information content (AvgIpc) is 3.53. The summed E-state index contributed by atoms with van der Waals surface area (Å²) in [4.78, 5) is 4.63. The van der Waals surface area contributed by atoms with Crippen LogP contribution in [0.1, 0.15) is 18.2 Å². The van der Waals surface area contributed by atoms with Gasteiger partial charge in [-0.05, 0) is 28.3 Å². The number of hydrogen-bond donors (Lipinski definition) is 2. The second-order valence-corrected chi connectivity index (χ2v) is 7.27. The van der Waals surface area contributed by atoms with Gasteiger partial charge in [0, 0.05) is 23.9 Å². The van der Waals surface area contributed by atoms with Crippen molar-refractivity contribution in [2.24, 2.45) is 0 Å². The molecule has 32 heavy (non-hydrogen) atoms. The van der Waals surface area contributed by atoms with Crippen LogP contribution in [-0.4, -0.2) is 42.3 Å². The molecule has 0 spiro atoms. The molecule has 0 saturated heterocycles. The Morgan fingerprint density at radius 3 is 2.59 bits per heavy atom. The van der Waals surface area contributed by atoms with Crippen LogP contribution in [0.25, 0.3) is 28.2 Å². The molecule has 0 aliphatic rings. The van der Waals surface area contributed by atoms with Crippen molar-refractivity contribution in [2.45, 2.75) is 19.9 Å². The predicted molar refractivity (Wildman–Crippen MR) is 121 cm³/mol. The Kier molecular flexibility index (Phi) is 5.20. The Labute approximate surface area is 184 Å². The SMILES string of the molecule is CCc1cc(NCc2ccc(-c3ccccc3-c3nn[nH]n3)cc2)n2ncc(OC)c2n1. The average molecular weight is 426 g/mol. The number of ether oxygens (including phenoxy) is 1. The molecule has 0 aliphatic carbocycles. The van der Waals surface area contributed by atoms with Gasteiger partial charge in [-0.25, -0.2) is 4.98 Å². The van der Waals surface area contributed by atoms with Crippen molar-refractivity contribution in [3.05, 3.63) is 72.1 Å². The van der Waals surface area contributed by atoms with Crippen LogP contribution in [0.3, 0.4) is 0 Å². The van der Waals surface area contributed by atoms with E-state index in [1.807, 2.05) is 24.3 Å². The van der Waals surface area contributed by atoms with Crippen LogP contribution < -0.4 is 10.1 Å². The van der Waals surface area contributed by atoms with Crippen molar-refractivity contribution in [2.75, 3.05) is 12.4 Å². The van der Waals surface area contributed by atoms with Gasteiger partial charge < -0.3 is 10.1 Å². The lowest BCUT2D eigenvalue weighted by Crippen LogP contribution is -2.07. The summed E-state index contributed by atoms with van der Waals surface area (Å²) < 4.78 is 7.16. The minimum atomic E-state index is 0.578. The predicted octanol–water partition coefficient (Wildman–Crippen LogP) is 3.76. The number of tetrazole rings is 1. The minimum Gasteiger partial charge on any atom is -0.491 e. The minimum absolute atomic E-state index is 0.578. The third-order valence-electron chi connectivity index (χ3n) is 5.33. The van der Waals surface area contributed by atoms with Gasteiger partial charge in [0.1, 0.15) is 5.82 Å². The summed E-state index contributed by atoms with van der Waals surface area (Å²) in [5.41, 5.74) is 5.92. The third-order valence-corrected chi connectivity index (χ3v) is 5.33. The van der Waals surface area contributed by atoms with E-state index in [4.69, 9.17) is 4.74 Å². The number of benzene rings is 2. The van der Waals surface area contributed by atoms with Crippen LogP contribution in [0.15, 0.2) is 60.8 Å². The van der Waals surface area contributed by atoms with Gasteiger partial charge in [0.25, 0.3) is 0 Å². The second kappa shape index (κ2) is 8.46. The number of nitrogens with zero attached hydrogens (tertiary/aromatic N) is 6. The topological polar surface area (TPSA) is 106 Å². The van der Waals surface area contributed by atoms with E-state index in [0.29, 0.717) is 23.8 Å². The standard InChI is InChI=1S/C23H22N8O/c1-3-17-12-21(31-23(26-17)20(32-2)14-25-31)24-13-15-8-10-16(11-9-15)18-6-4-5-7-19(18)22-27-29-30-28-22/h4-12,14,24H,3,13H2,1-2H3,(H,27,28,29,30). The lowest BCUT2D eigenvalue weighted by molar-refractivity contribution is 0.418. The largest absolute Gasteiger partial charge is 0.491 e. The first-order valence-corrected chi connectivity index (χ1v) is 10.3. The number of nitrogens with one attached hydrogen (secondary N) is 2. The highest BCUT2D eigenvalue weighted by Crippen LogP contribution is 2.30. The molecule has 3 heterocycles. The second-order valence-electron chi connectivity index (χ2n) is 7.27. The Morgan fingerprint density at radius 1 is 1.06 bits per heavy atom. The van der Waals surface area contributed by atoms with Crippen molar-refractivity contribution < 1.29 is 4.74 Å². The number of rotatable bonds is 7. The number of methoxy groups -OCH3 is 1. The Hall–Kier alpha value is -4.27. The number of aromatic amines is 1. The van der Waals surface area contributed by atoms with E-state index in [1.54, 1.807) is 17.8 Å². The molecule has 160 valence electrons. The summed E-state index contributed by atoms with van der Waals surface area (Å²) in [6.07, 6.45) is 2.51. The summed E-state index contributed by atoms with van der Waals surface area (Å²) in [5, 5.41) is 22.3. The highest BCUT2D eigenvalue weighted by molar-refractivity contribution is 5.80. The van der Waals surface area contributed by atoms with E-state index >= 15 is 0 Å². The molecule has 5 aromatic rings. The molecule has 0 fully saturated rings. The number of H-pyrrole nitrogens is 1. The Bertz CT molecular complexity index is 1340. The number of hydrogen-bond acceptors (Lipinski definition) is 7. The molecule has 0 unspecified atom stereocenters. The molecular weight excluding hydrogens is 404 g/mol. The van der Waals surface area contributed by atoms with Crippen LogP contribution in [0.4, 0.5) is 5.82 Å². The monoisotopic (exact) mass is 426 g/mol. The molecule has 0 aliphatic heterocycles. The van der Waals surface area contributed by atoms with Crippen molar-refractivity contribution in [1.82, 2.24) is 35.2 Å². The van der Waals surface area contributed by atoms with Crippen LogP contribution in [0.5, 0.6) is 5.75 Å². The van der Waals surface area contributed by atoms with Crippen molar-refractivity contribution >= 4 is 11.5 Å². The summed E-state index contributed by atoms with van der Waals surface area (Å²) in [5.74, 6) is 2.11. The molecule has 5 rings (SSSR count). The molecule has 0 bridgehead atoms. The van der Waals surface area contributed by atoms with Crippen LogP contribution in [0.2, 0.25) is 0 Å². The molecule has 9 nitrogen and oxygen atoms in total. The number of fused-ring (bicyclic) bond motifs is 1. The van der Waals surface area contributed by atoms with E-state index in [-0.39, 0.29) is 0 Å². The Balaban J connectivity index is 1.39. The van der Waals surface area contributed by atoms with Gasteiger partial charge in [0.15, 0.2) is 11.4 Å². The normalized spacial score (nSPS) is 11.1. The molecular formula is C23H22N8O. The number of anilines is 1. The van der Waals surface area contributed by atoms with Crippen molar-refractivity contribution in [3.63, 3.8) is 0 Å². The molecule has 9 heteroatoms. The van der Waals surface area contributed by atoms with Gasteiger partial charge in [-0.2, -0.15) is 14.8 Å². The first kappa shape index (κ1) is 19.7. The van der Waals surface area contributed by atoms with Gasteiger partial charge in [-0.15, -0.1) is 10.2 Å². The maximum atomic E-state index is 5.39. The van der Waals surface area contributed by atoms with E-state index in [1.165, 1.54) is 0 Å². The number of aromatic nitrogens is 7. The lowest BCUT2D eigenvalue weighted by Gasteiger charge is -2.11. The zero-order valence-electron chi connectivity index (χ0n) is 17.8. The van der Waals surface area contributed by atoms with Crippen LogP contribution in [0, 0.1) is 0 Å². The molecule has 2 N–H and O–H groups in total. The fourth-order valence-electron chi connectivity index (χ4n) is 3.64. The molecule has 0 atom stereocenters. The molecule has 2 aromatic carbocycles. The highest BCUT2D eigenvalue weighted by Gasteiger charge is 2.12. The van der Waals surface area contributed by atoms with Crippen molar-refractivity contribution in [1.29, 1.82) is 0 Å². The van der Waals surface area contributed by atoms with Crippen LogP contribution >= 0.6 is 0 Å². The van der Waals surface area contributed by atoms with Gasteiger partial charge in [0.05, 0.1) is 13.3 Å². The molecule has 0 amide bonds. The molecule has 0 radical (unpaired) electrons. The van der Waals surface area contributed by atoms with Gasteiger partial charge >= 0.3 is 0 Å². The van der Waals surface area contributed by atoms with E-state index < -0.39 is 0 Å². The maximum absolute atomic E-state index is 5.39. The third kappa shape index (κ3) is 3.64. The fourth-order valence-corrected chi connectivity index (χ4v) is 3.64. The fraction of sp³-hybridized carbons (Fsp3) is 0.174. The lowest BCUT2D eigenvalue weighted by atomic mass is 9.98. The van der Waals surface area contributed by atoms with E-state index in [9.17, 15) is 0 Å². The van der Waals surface area contributed by atoms with Crippen LogP contribution in [-0.2, 0) is 13.0 Å². The summed E-state index contributed by atoms with van der Waals surface area (Å²) in [6, 6.07) is 18.5. The van der Waals surface area contributed by atoms with Gasteiger partial charge in [-0.3, -0.25) is 0 Å². The quantitative estimate of drug-likeness (QED) is 0.408. The maximum Gasteiger partial charge on any atom is 0.205 e. The smallest absolute Gasteiger partial charge is 0.205 e. The van der Waals surface area contributed by atoms with Gasteiger partial charge in [-0.1, -0.05) is 55.5 Å². The first-order valence-electron chi connectivity index (χ1n) is 10.3. The van der Waals surface area contributed by atoms with E-state index in [2.05, 4.69) is 73.3 Å². The Morgan fingerprint density at radius 2 is 1.88 bits per heavy atom. The highest BCUT2D eigenvalue weighted by atomic mass is 16.5. The van der Waals surface area contributed by atoms with Gasteiger partial charge in [0.2, 0.25) is 5.82 Å². The number of aryl methyl sites for hydroxylation is 1. The summed E-state index contributed by atoms with van der Waals surface area (Å²) in [6.45, 7) is 2.73. The van der Waals surface area contributed by atoms with E-state index in [0.717, 1.165) is 40.2 Å². The summed E-state index contributed by atoms with van der Waals surface area (Å²) in [7, 11) is 1.63.